The molecular weight excluding hydrogens is 204 g/mol. The number of hydrogen-bond donors (Lipinski definition) is 0. The van der Waals surface area contributed by atoms with Crippen molar-refractivity contribution in [2.75, 3.05) is 5.88 Å². The van der Waals surface area contributed by atoms with Crippen molar-refractivity contribution in [3.63, 3.8) is 0 Å². The monoisotopic (exact) mass is 205 g/mol. The molecule has 0 aromatic carbocycles. The fourth-order valence-electron chi connectivity index (χ4n) is 0.137. The summed E-state index contributed by atoms with van der Waals surface area (Å²) < 4.78 is 0. The van der Waals surface area contributed by atoms with E-state index in [4.69, 9.17) is 51.7 Å². The Balaban J connectivity index is 4.14. The Kier molecular flexibility index (Phi) is 4.00. The number of nitrogens with zero attached hydrogens (tertiary/aromatic N) is 1. The summed E-state index contributed by atoms with van der Waals surface area (Å²) in [5.74, 6) is -0.0806. The van der Waals surface area contributed by atoms with Crippen LogP contribution in [0.25, 0.3) is 0 Å². The Morgan fingerprint density at radius 3 is 2.00 bits per heavy atom. The van der Waals surface area contributed by atoms with E-state index in [1.807, 2.05) is 0 Å². The molecule has 1 unspecified atom stereocenters. The van der Waals surface area contributed by atoms with Gasteiger partial charge in [0.15, 0.2) is 4.87 Å². The topological polar surface area (TPSA) is 23.8 Å². The summed E-state index contributed by atoms with van der Waals surface area (Å²) in [5.41, 5.74) is 0. The standard InChI is InChI=1S/C4H3Cl4N/c5-1-4(8,2-9)3(6)7/h3H,1H2. The molecule has 0 bridgehead atoms. The van der Waals surface area contributed by atoms with Gasteiger partial charge in [0.05, 0.1) is 11.9 Å². The van der Waals surface area contributed by atoms with E-state index in [2.05, 4.69) is 0 Å². The average Bonchev–Trinajstić information content (AvgIpc) is 1.86. The predicted octanol–water partition coefficient (Wildman–Crippen LogP) is 2.53. The summed E-state index contributed by atoms with van der Waals surface area (Å²) in [6.45, 7) is 0. The first-order valence-electron chi connectivity index (χ1n) is 2.01. The van der Waals surface area contributed by atoms with Gasteiger partial charge in [-0.05, 0) is 0 Å². The summed E-state index contributed by atoms with van der Waals surface area (Å²) in [7, 11) is 0. The molecule has 5 heteroatoms. The Hall–Kier alpha value is 0.650. The van der Waals surface area contributed by atoms with Gasteiger partial charge < -0.3 is 0 Å². The number of alkyl halides is 4. The first-order valence-corrected chi connectivity index (χ1v) is 3.79. The van der Waals surface area contributed by atoms with E-state index >= 15 is 0 Å². The molecule has 0 spiro atoms. The van der Waals surface area contributed by atoms with Gasteiger partial charge in [0, 0.05) is 0 Å². The Morgan fingerprint density at radius 1 is 1.56 bits per heavy atom. The molecule has 9 heavy (non-hydrogen) atoms. The van der Waals surface area contributed by atoms with Crippen molar-refractivity contribution < 1.29 is 0 Å². The molecule has 0 saturated heterocycles. The van der Waals surface area contributed by atoms with Gasteiger partial charge in [-0.25, -0.2) is 0 Å². The maximum absolute atomic E-state index is 8.32. The molecule has 0 aromatic heterocycles. The summed E-state index contributed by atoms with van der Waals surface area (Å²) >= 11 is 21.4. The van der Waals surface area contributed by atoms with Crippen LogP contribution in [0, 0.1) is 11.3 Å². The Labute approximate surface area is 73.4 Å². The van der Waals surface area contributed by atoms with Crippen molar-refractivity contribution in [1.29, 1.82) is 5.26 Å². The van der Waals surface area contributed by atoms with Gasteiger partial charge in [-0.2, -0.15) is 5.26 Å². The fraction of sp³-hybridized carbons (Fsp3) is 0.750. The van der Waals surface area contributed by atoms with E-state index < -0.39 is 9.71 Å². The molecule has 0 aliphatic heterocycles. The second-order valence-corrected chi connectivity index (χ2v) is 3.45. The summed E-state index contributed by atoms with van der Waals surface area (Å²) in [5, 5.41) is 8.32. The van der Waals surface area contributed by atoms with Gasteiger partial charge in [-0.3, -0.25) is 0 Å². The fourth-order valence-corrected chi connectivity index (χ4v) is 0.761. The third-order valence-electron chi connectivity index (χ3n) is 0.726. The molecule has 0 radical (unpaired) electrons. The first kappa shape index (κ1) is 9.65. The number of halogens is 4. The largest absolute Gasteiger partial charge is 0.196 e. The van der Waals surface area contributed by atoms with Gasteiger partial charge in [0.2, 0.25) is 0 Å². The molecule has 0 aliphatic carbocycles. The van der Waals surface area contributed by atoms with Crippen LogP contribution in [0.4, 0.5) is 0 Å². The van der Waals surface area contributed by atoms with Crippen LogP contribution in [0.15, 0.2) is 0 Å². The average molecular weight is 207 g/mol. The molecule has 0 rings (SSSR count). The maximum atomic E-state index is 8.32. The highest BCUT2D eigenvalue weighted by molar-refractivity contribution is 6.51. The zero-order chi connectivity index (χ0) is 7.49. The lowest BCUT2D eigenvalue weighted by molar-refractivity contribution is 0.871. The zero-order valence-electron chi connectivity index (χ0n) is 4.24. The number of rotatable bonds is 2. The molecule has 0 aromatic rings. The molecule has 0 amide bonds. The highest BCUT2D eigenvalue weighted by Crippen LogP contribution is 2.27. The van der Waals surface area contributed by atoms with Gasteiger partial charge in [-0.1, -0.05) is 11.6 Å². The number of hydrogen-bond acceptors (Lipinski definition) is 1. The molecule has 0 aliphatic rings. The minimum absolute atomic E-state index is 0.0806. The molecule has 0 heterocycles. The number of nitriles is 1. The van der Waals surface area contributed by atoms with Crippen LogP contribution in [-0.4, -0.2) is 15.6 Å². The van der Waals surface area contributed by atoms with Crippen LogP contribution in [0.5, 0.6) is 0 Å². The van der Waals surface area contributed by atoms with E-state index in [1.54, 1.807) is 6.07 Å². The van der Waals surface area contributed by atoms with Crippen LogP contribution < -0.4 is 0 Å². The molecule has 0 N–H and O–H groups in total. The summed E-state index contributed by atoms with van der Waals surface area (Å²) in [6.07, 6.45) is 0. The van der Waals surface area contributed by atoms with Gasteiger partial charge in [0.25, 0.3) is 0 Å². The molecule has 1 nitrogen and oxygen atoms in total. The van der Waals surface area contributed by atoms with Crippen molar-refractivity contribution in [2.24, 2.45) is 0 Å². The summed E-state index contributed by atoms with van der Waals surface area (Å²) in [4.78, 5) is -2.30. The van der Waals surface area contributed by atoms with Crippen LogP contribution in [-0.2, 0) is 0 Å². The molecule has 1 atom stereocenters. The van der Waals surface area contributed by atoms with Crippen LogP contribution in [0.3, 0.4) is 0 Å². The lowest BCUT2D eigenvalue weighted by Gasteiger charge is -2.15. The SMILES string of the molecule is N#CC(Cl)(CCl)C(Cl)Cl. The van der Waals surface area contributed by atoms with Gasteiger partial charge in [0.1, 0.15) is 4.84 Å². The highest BCUT2D eigenvalue weighted by atomic mass is 35.5. The zero-order valence-corrected chi connectivity index (χ0v) is 7.27. The van der Waals surface area contributed by atoms with Gasteiger partial charge >= 0.3 is 0 Å². The maximum Gasteiger partial charge on any atom is 0.174 e. The molecule has 0 saturated carbocycles. The van der Waals surface area contributed by atoms with E-state index in [0.717, 1.165) is 0 Å². The Morgan fingerprint density at radius 2 is 2.00 bits per heavy atom. The van der Waals surface area contributed by atoms with E-state index in [1.165, 1.54) is 0 Å². The normalized spacial score (nSPS) is 16.9. The van der Waals surface area contributed by atoms with Crippen molar-refractivity contribution in [3.8, 4) is 6.07 Å². The second kappa shape index (κ2) is 3.73. The minimum Gasteiger partial charge on any atom is -0.196 e. The summed E-state index contributed by atoms with van der Waals surface area (Å²) in [6, 6.07) is 1.70. The Bertz CT molecular complexity index is 129. The lowest BCUT2D eigenvalue weighted by atomic mass is 10.2. The van der Waals surface area contributed by atoms with Crippen molar-refractivity contribution in [2.45, 2.75) is 9.71 Å². The van der Waals surface area contributed by atoms with E-state index in [9.17, 15) is 0 Å². The van der Waals surface area contributed by atoms with Crippen molar-refractivity contribution in [1.82, 2.24) is 0 Å². The van der Waals surface area contributed by atoms with E-state index in [0.29, 0.717) is 0 Å². The smallest absolute Gasteiger partial charge is 0.174 e. The minimum atomic E-state index is -1.34. The first-order chi connectivity index (χ1) is 4.06. The van der Waals surface area contributed by atoms with Gasteiger partial charge in [-0.15, -0.1) is 34.8 Å². The molecule has 52 valence electrons. The van der Waals surface area contributed by atoms with Crippen LogP contribution in [0.1, 0.15) is 0 Å². The highest BCUT2D eigenvalue weighted by Gasteiger charge is 2.33. The molecular formula is C4H3Cl4N. The third kappa shape index (κ3) is 2.39. The van der Waals surface area contributed by atoms with Crippen molar-refractivity contribution >= 4 is 46.4 Å². The quantitative estimate of drug-likeness (QED) is 0.638. The lowest BCUT2D eigenvalue weighted by Crippen LogP contribution is -2.29. The van der Waals surface area contributed by atoms with E-state index in [-0.39, 0.29) is 5.88 Å². The third-order valence-corrected chi connectivity index (χ3v) is 2.69. The second-order valence-electron chi connectivity index (χ2n) is 1.41. The van der Waals surface area contributed by atoms with Crippen LogP contribution in [0.2, 0.25) is 0 Å². The van der Waals surface area contributed by atoms with Crippen molar-refractivity contribution in [3.05, 3.63) is 0 Å². The predicted molar refractivity (Wildman–Crippen MR) is 40.4 cm³/mol. The van der Waals surface area contributed by atoms with Crippen LogP contribution >= 0.6 is 46.4 Å². The molecule has 0 fully saturated rings.